The van der Waals surface area contributed by atoms with Gasteiger partial charge >= 0.3 is 0 Å². The predicted octanol–water partition coefficient (Wildman–Crippen LogP) is 3.40. The summed E-state index contributed by atoms with van der Waals surface area (Å²) in [5.41, 5.74) is 0.856. The van der Waals surface area contributed by atoms with Crippen molar-refractivity contribution in [3.63, 3.8) is 0 Å². The molecule has 0 bridgehead atoms. The minimum absolute atomic E-state index is 0.00661. The molecule has 4 rings (SSSR count). The molecule has 1 aromatic heterocycles. The first-order valence-electron chi connectivity index (χ1n) is 12.5. The van der Waals surface area contributed by atoms with Crippen LogP contribution >= 0.6 is 11.3 Å². The molecule has 192 valence electrons. The minimum atomic E-state index is -3.31. The van der Waals surface area contributed by atoms with Crippen molar-refractivity contribution in [2.24, 2.45) is 23.2 Å². The van der Waals surface area contributed by atoms with E-state index >= 15 is 0 Å². The largest absolute Gasteiger partial charge is 0.392 e. The number of thiazole rings is 1. The molecule has 2 heterocycles. The summed E-state index contributed by atoms with van der Waals surface area (Å²) >= 11 is 1.52. The molecule has 1 unspecified atom stereocenters. The number of morpholine rings is 1. The van der Waals surface area contributed by atoms with Gasteiger partial charge in [-0.1, -0.05) is 20.8 Å². The number of carbonyl (C=O) groups is 1. The standard InChI is InChI=1S/C25H40N2O5S2/c1-15(23(29)27-9-11-32-12-10-27)17-7-8-25(6)13-18-21(16(2)20(25)22(17)28)26-19(33-18)14-34(30,31)24(3,4)5/h15-17,20,22,28H,7-14H2,1-6H3/t15-,16-,17?,20+,22-,25-/m0/s1. The van der Waals surface area contributed by atoms with Gasteiger partial charge in [0.2, 0.25) is 5.91 Å². The molecule has 1 N–H and O–H groups in total. The van der Waals surface area contributed by atoms with Crippen molar-refractivity contribution in [2.45, 2.75) is 83.3 Å². The van der Waals surface area contributed by atoms with Gasteiger partial charge in [-0.25, -0.2) is 13.4 Å². The van der Waals surface area contributed by atoms with Crippen LogP contribution in [0.15, 0.2) is 0 Å². The summed E-state index contributed by atoms with van der Waals surface area (Å²) in [6.07, 6.45) is 1.97. The van der Waals surface area contributed by atoms with Gasteiger partial charge in [0.25, 0.3) is 0 Å². The van der Waals surface area contributed by atoms with Crippen molar-refractivity contribution in [3.8, 4) is 0 Å². The Labute approximate surface area is 208 Å². The molecular formula is C25H40N2O5S2. The van der Waals surface area contributed by atoms with E-state index in [1.807, 2.05) is 11.8 Å². The first kappa shape index (κ1) is 26.0. The highest BCUT2D eigenvalue weighted by Gasteiger charge is 2.54. The fourth-order valence-electron chi connectivity index (χ4n) is 6.29. The Balaban J connectivity index is 1.56. The minimum Gasteiger partial charge on any atom is -0.392 e. The number of nitrogens with zero attached hydrogens (tertiary/aromatic N) is 2. The van der Waals surface area contributed by atoms with Gasteiger partial charge in [-0.3, -0.25) is 4.79 Å². The number of fused-ring (bicyclic) bond motifs is 2. The number of hydrogen-bond acceptors (Lipinski definition) is 7. The number of rotatable bonds is 4. The van der Waals surface area contributed by atoms with E-state index in [1.165, 1.54) is 11.3 Å². The van der Waals surface area contributed by atoms with Gasteiger partial charge in [0.05, 0.1) is 29.8 Å². The molecule has 1 aromatic rings. The van der Waals surface area contributed by atoms with Crippen LogP contribution in [0.1, 0.15) is 75.9 Å². The molecule has 0 spiro atoms. The molecular weight excluding hydrogens is 472 g/mol. The summed E-state index contributed by atoms with van der Waals surface area (Å²) in [5.74, 6) is -0.250. The second-order valence-electron chi connectivity index (χ2n) is 11.9. The lowest BCUT2D eigenvalue weighted by molar-refractivity contribution is -0.148. The second-order valence-corrected chi connectivity index (χ2v) is 15.8. The molecule has 0 aromatic carbocycles. The number of ether oxygens (including phenoxy) is 1. The molecule has 2 aliphatic carbocycles. The zero-order chi connectivity index (χ0) is 25.1. The monoisotopic (exact) mass is 512 g/mol. The molecule has 1 aliphatic heterocycles. The SMILES string of the molecule is C[C@H](C(=O)N1CCOCC1)C1CC[C@@]2(C)Cc3sc(CS(=O)(=O)C(C)(C)C)nc3[C@@H](C)[C@@H]2[C@H]1O. The maximum absolute atomic E-state index is 13.2. The normalized spacial score (nSPS) is 33.2. The van der Waals surface area contributed by atoms with Crippen molar-refractivity contribution in [3.05, 3.63) is 15.6 Å². The smallest absolute Gasteiger partial charge is 0.225 e. The Morgan fingerprint density at radius 1 is 1.32 bits per heavy atom. The molecule has 7 nitrogen and oxygen atoms in total. The molecule has 6 atom stereocenters. The number of aliphatic hydroxyl groups is 1. The van der Waals surface area contributed by atoms with Crippen LogP contribution in [0.5, 0.6) is 0 Å². The van der Waals surface area contributed by atoms with E-state index in [0.29, 0.717) is 31.3 Å². The van der Waals surface area contributed by atoms with Gasteiger partial charge in [0.15, 0.2) is 9.84 Å². The average molecular weight is 513 g/mol. The lowest BCUT2D eigenvalue weighted by atomic mass is 9.53. The van der Waals surface area contributed by atoms with Gasteiger partial charge in [-0.05, 0) is 57.3 Å². The van der Waals surface area contributed by atoms with E-state index in [-0.39, 0.29) is 40.7 Å². The van der Waals surface area contributed by atoms with Crippen molar-refractivity contribution in [1.82, 2.24) is 9.88 Å². The van der Waals surface area contributed by atoms with E-state index in [9.17, 15) is 18.3 Å². The highest BCUT2D eigenvalue weighted by molar-refractivity contribution is 7.92. The highest BCUT2D eigenvalue weighted by atomic mass is 32.2. The van der Waals surface area contributed by atoms with E-state index in [2.05, 4.69) is 13.8 Å². The van der Waals surface area contributed by atoms with Crippen LogP contribution in [-0.2, 0) is 31.5 Å². The molecule has 1 amide bonds. The quantitative estimate of drug-likeness (QED) is 0.664. The van der Waals surface area contributed by atoms with Crippen LogP contribution in [0.4, 0.5) is 0 Å². The molecule has 9 heteroatoms. The van der Waals surface area contributed by atoms with Gasteiger partial charge in [0, 0.05) is 29.8 Å². The van der Waals surface area contributed by atoms with Crippen LogP contribution in [0.3, 0.4) is 0 Å². The Bertz CT molecular complexity index is 1020. The van der Waals surface area contributed by atoms with Crippen LogP contribution in [0.25, 0.3) is 0 Å². The third-order valence-electron chi connectivity index (χ3n) is 8.57. The Morgan fingerprint density at radius 2 is 1.97 bits per heavy atom. The number of aliphatic hydroxyl groups excluding tert-OH is 1. The van der Waals surface area contributed by atoms with Crippen molar-refractivity contribution >= 4 is 27.1 Å². The zero-order valence-electron chi connectivity index (χ0n) is 21.3. The van der Waals surface area contributed by atoms with E-state index in [1.54, 1.807) is 20.8 Å². The zero-order valence-corrected chi connectivity index (χ0v) is 23.0. The van der Waals surface area contributed by atoms with Crippen LogP contribution < -0.4 is 0 Å². The first-order valence-corrected chi connectivity index (χ1v) is 15.0. The number of sulfone groups is 1. The van der Waals surface area contributed by atoms with E-state index < -0.39 is 20.7 Å². The van der Waals surface area contributed by atoms with Gasteiger partial charge in [0.1, 0.15) is 10.8 Å². The Hall–Kier alpha value is -1.03. The van der Waals surface area contributed by atoms with Gasteiger partial charge in [-0.2, -0.15) is 0 Å². The molecule has 2 fully saturated rings. The highest BCUT2D eigenvalue weighted by Crippen LogP contribution is 2.57. The lowest BCUT2D eigenvalue weighted by Crippen LogP contribution is -2.54. The van der Waals surface area contributed by atoms with Crippen LogP contribution in [0, 0.1) is 23.2 Å². The molecule has 1 saturated carbocycles. The van der Waals surface area contributed by atoms with Crippen LogP contribution in [0.2, 0.25) is 0 Å². The van der Waals surface area contributed by atoms with Crippen molar-refractivity contribution in [1.29, 1.82) is 0 Å². The van der Waals surface area contributed by atoms with Crippen LogP contribution in [-0.4, -0.2) is 66.5 Å². The summed E-state index contributed by atoms with van der Waals surface area (Å²) in [7, 11) is -3.31. The third-order valence-corrected chi connectivity index (χ3v) is 12.3. The maximum Gasteiger partial charge on any atom is 0.225 e. The molecule has 3 aliphatic rings. The Kier molecular flexibility index (Phi) is 6.99. The van der Waals surface area contributed by atoms with Crippen molar-refractivity contribution in [2.75, 3.05) is 26.3 Å². The number of hydrogen-bond donors (Lipinski definition) is 1. The van der Waals surface area contributed by atoms with Crippen molar-refractivity contribution < 1.29 is 23.1 Å². The summed E-state index contributed by atoms with van der Waals surface area (Å²) in [4.78, 5) is 21.0. The fraction of sp³-hybridized carbons (Fsp3) is 0.840. The summed E-state index contributed by atoms with van der Waals surface area (Å²) in [6.45, 7) is 13.9. The van der Waals surface area contributed by atoms with Gasteiger partial charge in [-0.15, -0.1) is 11.3 Å². The molecule has 0 radical (unpaired) electrons. The van der Waals surface area contributed by atoms with Gasteiger partial charge < -0.3 is 14.7 Å². The van der Waals surface area contributed by atoms with E-state index in [4.69, 9.17) is 9.72 Å². The second kappa shape index (κ2) is 9.12. The number of carbonyl (C=O) groups excluding carboxylic acids is 1. The number of amides is 1. The summed E-state index contributed by atoms with van der Waals surface area (Å²) in [5, 5.41) is 12.3. The average Bonchev–Trinajstić information content (AvgIpc) is 3.14. The first-order chi connectivity index (χ1) is 15.7. The molecule has 1 saturated heterocycles. The van der Waals surface area contributed by atoms with E-state index in [0.717, 1.165) is 29.8 Å². The third kappa shape index (κ3) is 4.58. The fourth-order valence-corrected chi connectivity index (χ4v) is 8.98. The number of aromatic nitrogens is 1. The summed E-state index contributed by atoms with van der Waals surface area (Å²) in [6, 6.07) is 0. The maximum atomic E-state index is 13.2. The molecule has 34 heavy (non-hydrogen) atoms. The summed E-state index contributed by atoms with van der Waals surface area (Å²) < 4.78 is 30.1. The topological polar surface area (TPSA) is 96.8 Å². The lowest BCUT2D eigenvalue weighted by Gasteiger charge is -2.53. The Morgan fingerprint density at radius 3 is 2.59 bits per heavy atom. The predicted molar refractivity (Wildman–Crippen MR) is 134 cm³/mol.